The van der Waals surface area contributed by atoms with Crippen LogP contribution >= 0.6 is 11.6 Å². The van der Waals surface area contributed by atoms with E-state index in [1.165, 1.54) is 0 Å². The summed E-state index contributed by atoms with van der Waals surface area (Å²) in [6.45, 7) is 0.953. The molecule has 1 aromatic heterocycles. The Hall–Kier alpha value is -1.69. The molecule has 6 heteroatoms. The van der Waals surface area contributed by atoms with Crippen molar-refractivity contribution in [2.45, 2.75) is 0 Å². The van der Waals surface area contributed by atoms with E-state index in [4.69, 9.17) is 21.4 Å². The third kappa shape index (κ3) is 3.66. The molecule has 0 spiro atoms. The number of aliphatic hydroxyl groups excluding tert-OH is 1. The monoisotopic (exact) mass is 294 g/mol. The second-order valence-electron chi connectivity index (χ2n) is 4.10. The maximum Gasteiger partial charge on any atom is 0.252 e. The van der Waals surface area contributed by atoms with E-state index < -0.39 is 0 Å². The highest BCUT2D eigenvalue weighted by atomic mass is 35.5. The number of carbonyl (C=O) groups is 1. The minimum absolute atomic E-state index is 0.0292. The number of hydrogen-bond donors (Lipinski definition) is 2. The van der Waals surface area contributed by atoms with Crippen molar-refractivity contribution in [2.24, 2.45) is 0 Å². The molecule has 1 amide bonds. The SMILES string of the molecule is O=C(NCCOCCO)c1cc(Cl)nc2ccccc12. The number of fused-ring (bicyclic) bond motifs is 1. The lowest BCUT2D eigenvalue weighted by Gasteiger charge is -2.08. The van der Waals surface area contributed by atoms with E-state index in [0.29, 0.717) is 24.2 Å². The molecule has 0 atom stereocenters. The molecule has 0 aliphatic rings. The van der Waals surface area contributed by atoms with Crippen LogP contribution in [0, 0.1) is 0 Å². The average Bonchev–Trinajstić information content (AvgIpc) is 2.46. The summed E-state index contributed by atoms with van der Waals surface area (Å²) in [7, 11) is 0. The minimum Gasteiger partial charge on any atom is -0.394 e. The van der Waals surface area contributed by atoms with Crippen molar-refractivity contribution < 1.29 is 14.6 Å². The van der Waals surface area contributed by atoms with Crippen LogP contribution in [0.5, 0.6) is 0 Å². The third-order valence-corrected chi connectivity index (χ3v) is 2.89. The van der Waals surface area contributed by atoms with Gasteiger partial charge in [0.05, 0.1) is 30.9 Å². The van der Waals surface area contributed by atoms with Gasteiger partial charge in [0.1, 0.15) is 5.15 Å². The minimum atomic E-state index is -0.224. The highest BCUT2D eigenvalue weighted by Crippen LogP contribution is 2.20. The van der Waals surface area contributed by atoms with Gasteiger partial charge >= 0.3 is 0 Å². The summed E-state index contributed by atoms with van der Waals surface area (Å²) >= 11 is 5.93. The lowest BCUT2D eigenvalue weighted by molar-refractivity contribution is 0.0839. The fraction of sp³-hybridized carbons (Fsp3) is 0.286. The van der Waals surface area contributed by atoms with Crippen molar-refractivity contribution >= 4 is 28.4 Å². The molecule has 20 heavy (non-hydrogen) atoms. The van der Waals surface area contributed by atoms with Gasteiger partial charge in [0, 0.05) is 11.9 Å². The summed E-state index contributed by atoms with van der Waals surface area (Å²) in [5.74, 6) is -0.224. The number of nitrogens with one attached hydrogen (secondary N) is 1. The Morgan fingerprint density at radius 1 is 1.35 bits per heavy atom. The van der Waals surface area contributed by atoms with Gasteiger partial charge < -0.3 is 15.2 Å². The zero-order valence-corrected chi connectivity index (χ0v) is 11.6. The molecular weight excluding hydrogens is 280 g/mol. The molecule has 1 aromatic carbocycles. The highest BCUT2D eigenvalue weighted by Gasteiger charge is 2.11. The number of rotatable bonds is 6. The van der Waals surface area contributed by atoms with Crippen LogP contribution in [0.15, 0.2) is 30.3 Å². The maximum atomic E-state index is 12.1. The third-order valence-electron chi connectivity index (χ3n) is 2.70. The van der Waals surface area contributed by atoms with Gasteiger partial charge in [-0.05, 0) is 12.1 Å². The quantitative estimate of drug-likeness (QED) is 0.627. The molecule has 0 aliphatic carbocycles. The molecular formula is C14H15ClN2O3. The zero-order valence-electron chi connectivity index (χ0n) is 10.8. The van der Waals surface area contributed by atoms with E-state index in [9.17, 15) is 4.79 Å². The molecule has 0 fully saturated rings. The van der Waals surface area contributed by atoms with Crippen molar-refractivity contribution in [3.8, 4) is 0 Å². The lowest BCUT2D eigenvalue weighted by atomic mass is 10.1. The molecule has 106 valence electrons. The van der Waals surface area contributed by atoms with Crippen molar-refractivity contribution in [1.29, 1.82) is 0 Å². The standard InChI is InChI=1S/C14H15ClN2O3/c15-13-9-11(10-3-1-2-4-12(10)17-13)14(19)16-5-7-20-8-6-18/h1-4,9,18H,5-8H2,(H,16,19). The number of aliphatic hydroxyl groups is 1. The first-order chi connectivity index (χ1) is 9.72. The molecule has 2 N–H and O–H groups in total. The Morgan fingerprint density at radius 2 is 2.15 bits per heavy atom. The first-order valence-corrected chi connectivity index (χ1v) is 6.62. The predicted molar refractivity (Wildman–Crippen MR) is 77.0 cm³/mol. The van der Waals surface area contributed by atoms with Gasteiger partial charge in [0.2, 0.25) is 0 Å². The molecule has 0 bridgehead atoms. The fourth-order valence-electron chi connectivity index (χ4n) is 1.83. The van der Waals surface area contributed by atoms with Crippen molar-refractivity contribution in [2.75, 3.05) is 26.4 Å². The number of hydrogen-bond acceptors (Lipinski definition) is 4. The molecule has 0 saturated heterocycles. The number of amides is 1. The van der Waals surface area contributed by atoms with Gasteiger partial charge in [-0.15, -0.1) is 0 Å². The number of halogens is 1. The van der Waals surface area contributed by atoms with E-state index >= 15 is 0 Å². The van der Waals surface area contributed by atoms with E-state index in [-0.39, 0.29) is 24.3 Å². The second kappa shape index (κ2) is 7.19. The normalized spacial score (nSPS) is 10.7. The van der Waals surface area contributed by atoms with Crippen LogP contribution < -0.4 is 5.32 Å². The van der Waals surface area contributed by atoms with Gasteiger partial charge in [-0.25, -0.2) is 4.98 Å². The zero-order chi connectivity index (χ0) is 14.4. The molecule has 0 radical (unpaired) electrons. The Bertz CT molecular complexity index is 604. The van der Waals surface area contributed by atoms with Crippen LogP contribution in [0.3, 0.4) is 0 Å². The van der Waals surface area contributed by atoms with Crippen LogP contribution in [-0.4, -0.2) is 42.4 Å². The van der Waals surface area contributed by atoms with Crippen LogP contribution in [0.25, 0.3) is 10.9 Å². The van der Waals surface area contributed by atoms with Gasteiger partial charge in [-0.1, -0.05) is 29.8 Å². The van der Waals surface area contributed by atoms with Crippen LogP contribution in [0.2, 0.25) is 5.15 Å². The van der Waals surface area contributed by atoms with Gasteiger partial charge in [0.15, 0.2) is 0 Å². The number of carbonyl (C=O) groups excluding carboxylic acids is 1. The number of ether oxygens (including phenoxy) is 1. The maximum absolute atomic E-state index is 12.1. The average molecular weight is 295 g/mol. The molecule has 1 heterocycles. The molecule has 2 rings (SSSR count). The number of aromatic nitrogens is 1. The smallest absolute Gasteiger partial charge is 0.252 e. The molecule has 0 saturated carbocycles. The number of nitrogens with zero attached hydrogens (tertiary/aromatic N) is 1. The van der Waals surface area contributed by atoms with E-state index in [2.05, 4.69) is 10.3 Å². The largest absolute Gasteiger partial charge is 0.394 e. The molecule has 5 nitrogen and oxygen atoms in total. The van der Waals surface area contributed by atoms with Crippen molar-refractivity contribution in [1.82, 2.24) is 10.3 Å². The Morgan fingerprint density at radius 3 is 2.95 bits per heavy atom. The van der Waals surface area contributed by atoms with Crippen LogP contribution in [0.4, 0.5) is 0 Å². The summed E-state index contributed by atoms with van der Waals surface area (Å²) in [5, 5.41) is 12.4. The van der Waals surface area contributed by atoms with Crippen LogP contribution in [0.1, 0.15) is 10.4 Å². The Kier molecular flexibility index (Phi) is 5.29. The highest BCUT2D eigenvalue weighted by molar-refractivity contribution is 6.30. The summed E-state index contributed by atoms with van der Waals surface area (Å²) in [6, 6.07) is 8.88. The lowest BCUT2D eigenvalue weighted by Crippen LogP contribution is -2.27. The first kappa shape index (κ1) is 14.7. The topological polar surface area (TPSA) is 71.5 Å². The summed E-state index contributed by atoms with van der Waals surface area (Å²) in [4.78, 5) is 16.3. The van der Waals surface area contributed by atoms with Gasteiger partial charge in [-0.3, -0.25) is 4.79 Å². The molecule has 0 aliphatic heterocycles. The van der Waals surface area contributed by atoms with Crippen molar-refractivity contribution in [3.05, 3.63) is 41.0 Å². The van der Waals surface area contributed by atoms with E-state index in [0.717, 1.165) is 5.39 Å². The summed E-state index contributed by atoms with van der Waals surface area (Å²) in [5.41, 5.74) is 1.17. The summed E-state index contributed by atoms with van der Waals surface area (Å²) < 4.78 is 5.08. The Labute approximate surface area is 121 Å². The summed E-state index contributed by atoms with van der Waals surface area (Å²) in [6.07, 6.45) is 0. The first-order valence-electron chi connectivity index (χ1n) is 6.24. The number of benzene rings is 1. The van der Waals surface area contributed by atoms with Gasteiger partial charge in [-0.2, -0.15) is 0 Å². The van der Waals surface area contributed by atoms with Crippen LogP contribution in [-0.2, 0) is 4.74 Å². The predicted octanol–water partition coefficient (Wildman–Crippen LogP) is 1.63. The second-order valence-corrected chi connectivity index (χ2v) is 4.49. The molecule has 0 unspecified atom stereocenters. The molecule has 2 aromatic rings. The number of pyridine rings is 1. The fourth-order valence-corrected chi connectivity index (χ4v) is 2.03. The van der Waals surface area contributed by atoms with E-state index in [1.807, 2.05) is 24.3 Å². The van der Waals surface area contributed by atoms with Gasteiger partial charge in [0.25, 0.3) is 5.91 Å². The Balaban J connectivity index is 2.09. The number of para-hydroxylation sites is 1. The van der Waals surface area contributed by atoms with E-state index in [1.54, 1.807) is 6.07 Å². The van der Waals surface area contributed by atoms with Crippen molar-refractivity contribution in [3.63, 3.8) is 0 Å².